The van der Waals surface area contributed by atoms with Crippen LogP contribution in [-0.2, 0) is 11.3 Å². The van der Waals surface area contributed by atoms with Crippen molar-refractivity contribution in [1.82, 2.24) is 19.1 Å². The molecule has 1 fully saturated rings. The van der Waals surface area contributed by atoms with E-state index in [1.165, 1.54) is 11.5 Å². The molecular weight excluding hydrogens is 430 g/mol. The molecule has 0 radical (unpaired) electrons. The molecule has 0 spiro atoms. The van der Waals surface area contributed by atoms with E-state index >= 15 is 0 Å². The van der Waals surface area contributed by atoms with Crippen molar-refractivity contribution < 1.29 is 9.53 Å². The molecule has 1 saturated heterocycles. The fourth-order valence-corrected chi connectivity index (χ4v) is 5.22. The van der Waals surface area contributed by atoms with Gasteiger partial charge in [-0.2, -0.15) is 0 Å². The Morgan fingerprint density at radius 2 is 2.03 bits per heavy atom. The molecule has 158 valence electrons. The Labute approximate surface area is 187 Å². The first-order chi connectivity index (χ1) is 15.1. The second-order valence-corrected chi connectivity index (χ2v) is 9.01. The van der Waals surface area contributed by atoms with E-state index in [1.807, 2.05) is 48.0 Å². The Morgan fingerprint density at radius 1 is 1.23 bits per heavy atom. The van der Waals surface area contributed by atoms with Gasteiger partial charge in [-0.25, -0.2) is 4.98 Å². The number of hydrogen-bond donors (Lipinski definition) is 1. The quantitative estimate of drug-likeness (QED) is 0.469. The van der Waals surface area contributed by atoms with Crippen molar-refractivity contribution in [2.45, 2.75) is 32.4 Å². The topological polar surface area (TPSA) is 95.9 Å². The van der Waals surface area contributed by atoms with Gasteiger partial charge in [0.1, 0.15) is 10.7 Å². The molecule has 4 heterocycles. The Balaban J connectivity index is 1.47. The highest BCUT2D eigenvalue weighted by Crippen LogP contribution is 2.33. The third-order valence-electron chi connectivity index (χ3n) is 5.60. The van der Waals surface area contributed by atoms with Crippen LogP contribution in [0.5, 0.6) is 0 Å². The average Bonchev–Trinajstić information content (AvgIpc) is 3.57. The summed E-state index contributed by atoms with van der Waals surface area (Å²) in [5.41, 5.74) is 11.7. The minimum absolute atomic E-state index is 0.149. The average molecular weight is 452 g/mol. The highest BCUT2D eigenvalue weighted by molar-refractivity contribution is 7.13. The van der Waals surface area contributed by atoms with Crippen molar-refractivity contribution in [1.29, 1.82) is 0 Å². The summed E-state index contributed by atoms with van der Waals surface area (Å²) in [7, 11) is 0. The van der Waals surface area contributed by atoms with Gasteiger partial charge in [-0.15, -0.1) is 16.4 Å². The summed E-state index contributed by atoms with van der Waals surface area (Å²) in [6, 6.07) is 10.0. The van der Waals surface area contributed by atoms with Gasteiger partial charge in [0.05, 0.1) is 23.1 Å². The van der Waals surface area contributed by atoms with Gasteiger partial charge in [0.25, 0.3) is 5.91 Å². The Hall–Kier alpha value is -2.88. The molecule has 0 bridgehead atoms. The molecule has 4 aromatic rings. The van der Waals surface area contributed by atoms with E-state index in [9.17, 15) is 4.79 Å². The zero-order valence-corrected chi connectivity index (χ0v) is 18.6. The number of carbonyl (C=O) groups excluding carboxylic acids is 1. The maximum Gasteiger partial charge on any atom is 0.250 e. The molecular formula is C22H21N5O2S2. The van der Waals surface area contributed by atoms with E-state index in [0.717, 1.165) is 58.4 Å². The zero-order chi connectivity index (χ0) is 21.4. The first-order valence-electron chi connectivity index (χ1n) is 10.1. The van der Waals surface area contributed by atoms with Crippen molar-refractivity contribution in [3.05, 3.63) is 52.3 Å². The maximum atomic E-state index is 12.0. The van der Waals surface area contributed by atoms with Gasteiger partial charge < -0.3 is 15.0 Å². The van der Waals surface area contributed by atoms with E-state index in [1.54, 1.807) is 11.3 Å². The lowest BCUT2D eigenvalue weighted by atomic mass is 10.1. The predicted molar refractivity (Wildman–Crippen MR) is 122 cm³/mol. The molecule has 0 aliphatic carbocycles. The number of benzene rings is 1. The van der Waals surface area contributed by atoms with Crippen LogP contribution < -0.4 is 5.73 Å². The Bertz CT molecular complexity index is 1210. The van der Waals surface area contributed by atoms with Crippen LogP contribution in [0.4, 0.5) is 0 Å². The number of rotatable bonds is 6. The minimum Gasteiger partial charge on any atom is -0.376 e. The lowest BCUT2D eigenvalue weighted by molar-refractivity contribution is 0.0961. The number of aromatic nitrogens is 4. The molecule has 31 heavy (non-hydrogen) atoms. The largest absolute Gasteiger partial charge is 0.376 e. The van der Waals surface area contributed by atoms with Crippen LogP contribution in [0, 0.1) is 6.92 Å². The summed E-state index contributed by atoms with van der Waals surface area (Å²) < 4.78 is 11.9. The van der Waals surface area contributed by atoms with Crippen LogP contribution in [-0.4, -0.2) is 37.8 Å². The lowest BCUT2D eigenvalue weighted by Crippen LogP contribution is -2.18. The molecule has 1 aromatic carbocycles. The van der Waals surface area contributed by atoms with E-state index in [-0.39, 0.29) is 6.10 Å². The number of nitrogens with zero attached hydrogens (tertiary/aromatic N) is 4. The summed E-state index contributed by atoms with van der Waals surface area (Å²) in [5, 5.41) is 8.99. The number of thiazole rings is 1. The van der Waals surface area contributed by atoms with Crippen molar-refractivity contribution in [2.75, 3.05) is 6.61 Å². The molecule has 0 saturated carbocycles. The van der Waals surface area contributed by atoms with Crippen LogP contribution in [0.2, 0.25) is 0 Å². The molecule has 1 unspecified atom stereocenters. The number of amides is 1. The smallest absolute Gasteiger partial charge is 0.250 e. The van der Waals surface area contributed by atoms with Gasteiger partial charge in [-0.05, 0) is 37.4 Å². The van der Waals surface area contributed by atoms with Gasteiger partial charge in [0.15, 0.2) is 0 Å². The molecule has 1 atom stereocenters. The monoisotopic (exact) mass is 451 g/mol. The van der Waals surface area contributed by atoms with Crippen LogP contribution in [0.15, 0.2) is 41.1 Å². The molecule has 1 aliphatic rings. The molecule has 9 heteroatoms. The first-order valence-corrected chi connectivity index (χ1v) is 11.8. The SMILES string of the molecule is Cc1c(C(N)=O)cc(-c2csc(-c3ccc(-c4csnn4)cc3)n2)n1CC1CCCO1. The summed E-state index contributed by atoms with van der Waals surface area (Å²) in [6.07, 6.45) is 2.24. The highest BCUT2D eigenvalue weighted by Gasteiger charge is 2.23. The second kappa shape index (κ2) is 8.33. The highest BCUT2D eigenvalue weighted by atomic mass is 32.1. The van der Waals surface area contributed by atoms with Crippen LogP contribution >= 0.6 is 22.9 Å². The van der Waals surface area contributed by atoms with E-state index < -0.39 is 5.91 Å². The van der Waals surface area contributed by atoms with Gasteiger partial charge >= 0.3 is 0 Å². The van der Waals surface area contributed by atoms with Crippen LogP contribution in [0.1, 0.15) is 28.9 Å². The normalized spacial score (nSPS) is 16.1. The number of hydrogen-bond acceptors (Lipinski definition) is 7. The number of primary amides is 1. The van der Waals surface area contributed by atoms with Crippen molar-refractivity contribution in [3.8, 4) is 33.2 Å². The zero-order valence-electron chi connectivity index (χ0n) is 16.9. The standard InChI is InChI=1S/C22H21N5O2S2/c1-13-17(21(23)28)9-20(27(13)10-16-3-2-8-29-16)19-11-30-22(24-19)15-6-4-14(5-7-15)18-12-31-26-25-18/h4-7,9,11-12,16H,2-3,8,10H2,1H3,(H2,23,28). The van der Waals surface area contributed by atoms with Crippen LogP contribution in [0.25, 0.3) is 33.2 Å². The summed E-state index contributed by atoms with van der Waals surface area (Å²) >= 11 is 2.92. The van der Waals surface area contributed by atoms with Crippen molar-refractivity contribution >= 4 is 28.8 Å². The second-order valence-electron chi connectivity index (χ2n) is 7.54. The van der Waals surface area contributed by atoms with E-state index in [0.29, 0.717) is 12.1 Å². The van der Waals surface area contributed by atoms with Crippen molar-refractivity contribution in [2.24, 2.45) is 5.73 Å². The van der Waals surface area contributed by atoms with Crippen molar-refractivity contribution in [3.63, 3.8) is 0 Å². The number of ether oxygens (including phenoxy) is 1. The van der Waals surface area contributed by atoms with Gasteiger partial charge in [-0.1, -0.05) is 28.8 Å². The van der Waals surface area contributed by atoms with Gasteiger partial charge in [-0.3, -0.25) is 4.79 Å². The molecule has 7 nitrogen and oxygen atoms in total. The third kappa shape index (κ3) is 3.91. The van der Waals surface area contributed by atoms with E-state index in [2.05, 4.69) is 14.2 Å². The third-order valence-corrected chi connectivity index (χ3v) is 6.99. The fraction of sp³-hybridized carbons (Fsp3) is 0.273. The Morgan fingerprint density at radius 3 is 2.71 bits per heavy atom. The maximum absolute atomic E-state index is 12.0. The van der Waals surface area contributed by atoms with Crippen LogP contribution in [0.3, 0.4) is 0 Å². The van der Waals surface area contributed by atoms with Gasteiger partial charge in [0.2, 0.25) is 0 Å². The molecule has 1 amide bonds. The van der Waals surface area contributed by atoms with Gasteiger partial charge in [0, 0.05) is 40.7 Å². The Kier molecular flexibility index (Phi) is 5.39. The molecule has 1 aliphatic heterocycles. The van der Waals surface area contributed by atoms with E-state index in [4.69, 9.17) is 15.5 Å². The number of carbonyl (C=O) groups is 1. The fourth-order valence-electron chi connectivity index (χ4n) is 3.93. The predicted octanol–water partition coefficient (Wildman–Crippen LogP) is 4.38. The summed E-state index contributed by atoms with van der Waals surface area (Å²) in [5.74, 6) is -0.424. The molecule has 5 rings (SSSR count). The summed E-state index contributed by atoms with van der Waals surface area (Å²) in [6.45, 7) is 3.41. The lowest BCUT2D eigenvalue weighted by Gasteiger charge is -2.15. The summed E-state index contributed by atoms with van der Waals surface area (Å²) in [4.78, 5) is 16.8. The minimum atomic E-state index is -0.424. The first kappa shape index (κ1) is 20.0. The molecule has 2 N–H and O–H groups in total. The number of nitrogens with two attached hydrogens (primary N) is 1. The molecule has 3 aromatic heterocycles.